The maximum absolute atomic E-state index is 12.3. The van der Waals surface area contributed by atoms with E-state index in [1.165, 1.54) is 122 Å². The summed E-state index contributed by atoms with van der Waals surface area (Å²) in [6.45, 7) is 38.9. The molecule has 0 saturated heterocycles. The van der Waals surface area contributed by atoms with Crippen molar-refractivity contribution in [3.05, 3.63) is 328 Å². The van der Waals surface area contributed by atoms with Crippen LogP contribution in [-0.4, -0.2) is 8.42 Å². The standard InChI is InChI=1S/C21H28.C19H24.C15H16.C14H14O2S.C14H14O/c1-7-20-12-18(9-14(3)16(20)5)11-19-10-15(4)17(6)21(8-2)13-19;1-12-7-18(8-13(2)16(12)5)11-19-9-14(3)17(6)15(4)10-19;1-12-3-7-14(8-4-12)11-15-9-5-13(2)6-10-15;1-11-3-7-13(8-4-11)17(15,16)14-9-5-12(2)6-10-14;1-11-3-7-13(8-4-11)15-14-9-5-12(2)6-10-14/h9-10,12-13H,7-8,11H2,1-6H3;7-10H,11H2,1-6H3;3-10H,11H2,1-2H3;3-10H,1-2H3;3-10H,1-2H3. The quantitative estimate of drug-likeness (QED) is 0.122. The molecule has 0 aromatic heterocycles. The predicted molar refractivity (Wildman–Crippen MR) is 373 cm³/mol. The molecule has 0 heterocycles. The highest BCUT2D eigenvalue weighted by atomic mass is 32.2. The molecule has 0 radical (unpaired) electrons. The van der Waals surface area contributed by atoms with E-state index in [9.17, 15) is 8.42 Å². The molecule has 0 bridgehead atoms. The lowest BCUT2D eigenvalue weighted by molar-refractivity contribution is 0.482. The van der Waals surface area contributed by atoms with E-state index in [1.54, 1.807) is 48.5 Å². The van der Waals surface area contributed by atoms with E-state index in [4.69, 9.17) is 4.74 Å². The van der Waals surface area contributed by atoms with E-state index in [0.717, 1.165) is 54.7 Å². The van der Waals surface area contributed by atoms with Crippen LogP contribution in [0.5, 0.6) is 11.5 Å². The van der Waals surface area contributed by atoms with Crippen LogP contribution in [0.1, 0.15) is 147 Å². The normalized spacial score (nSPS) is 10.7. The van der Waals surface area contributed by atoms with Crippen LogP contribution in [0, 0.1) is 111 Å². The highest BCUT2D eigenvalue weighted by molar-refractivity contribution is 7.91. The van der Waals surface area contributed by atoms with E-state index in [-0.39, 0.29) is 0 Å². The summed E-state index contributed by atoms with van der Waals surface area (Å²) >= 11 is 0. The number of benzene rings is 10. The molecule has 0 fully saturated rings. The van der Waals surface area contributed by atoms with Crippen molar-refractivity contribution in [3.63, 3.8) is 0 Å². The van der Waals surface area contributed by atoms with Gasteiger partial charge in [0.2, 0.25) is 9.84 Å². The fourth-order valence-electron chi connectivity index (χ4n) is 10.5. The van der Waals surface area contributed by atoms with Crippen molar-refractivity contribution in [2.45, 2.75) is 167 Å². The number of ether oxygens (including phenoxy) is 1. The second-order valence-electron chi connectivity index (χ2n) is 24.2. The molecule has 10 rings (SSSR count). The van der Waals surface area contributed by atoms with Gasteiger partial charge in [0.25, 0.3) is 0 Å². The zero-order valence-electron chi connectivity index (χ0n) is 55.6. The van der Waals surface area contributed by atoms with Gasteiger partial charge < -0.3 is 4.74 Å². The fraction of sp³-hybridized carbons (Fsp3) is 0.277. The Morgan fingerprint density at radius 2 is 0.483 bits per heavy atom. The van der Waals surface area contributed by atoms with Crippen molar-refractivity contribution in [1.82, 2.24) is 0 Å². The Bertz CT molecular complexity index is 3550. The fourth-order valence-corrected chi connectivity index (χ4v) is 11.7. The second-order valence-corrected chi connectivity index (χ2v) is 26.1. The van der Waals surface area contributed by atoms with Crippen molar-refractivity contribution in [2.75, 3.05) is 0 Å². The Morgan fingerprint density at radius 1 is 0.264 bits per heavy atom. The topological polar surface area (TPSA) is 43.4 Å². The van der Waals surface area contributed by atoms with Crippen molar-refractivity contribution < 1.29 is 13.2 Å². The van der Waals surface area contributed by atoms with Gasteiger partial charge in [-0.15, -0.1) is 0 Å². The first-order chi connectivity index (χ1) is 41.3. The van der Waals surface area contributed by atoms with Crippen LogP contribution in [-0.2, 0) is 41.9 Å². The molecule has 452 valence electrons. The van der Waals surface area contributed by atoms with Gasteiger partial charge in [0.15, 0.2) is 0 Å². The summed E-state index contributed by atoms with van der Waals surface area (Å²) < 4.78 is 30.2. The third kappa shape index (κ3) is 20.5. The summed E-state index contributed by atoms with van der Waals surface area (Å²) in [5.74, 6) is 1.76. The van der Waals surface area contributed by atoms with Crippen LogP contribution in [0.3, 0.4) is 0 Å². The molecule has 10 aromatic carbocycles. The monoisotopic (exact) mass is 1170 g/mol. The minimum Gasteiger partial charge on any atom is -0.457 e. The zero-order valence-corrected chi connectivity index (χ0v) is 56.5. The van der Waals surface area contributed by atoms with E-state index in [1.807, 2.05) is 62.4 Å². The molecule has 0 N–H and O–H groups in total. The summed E-state index contributed by atoms with van der Waals surface area (Å²) in [5.41, 5.74) is 32.9. The van der Waals surface area contributed by atoms with Gasteiger partial charge in [0.05, 0.1) is 9.79 Å². The highest BCUT2D eigenvalue weighted by Crippen LogP contribution is 2.26. The lowest BCUT2D eigenvalue weighted by Crippen LogP contribution is -2.01. The smallest absolute Gasteiger partial charge is 0.206 e. The maximum Gasteiger partial charge on any atom is 0.206 e. The molecule has 10 aromatic rings. The van der Waals surface area contributed by atoms with Gasteiger partial charge in [0.1, 0.15) is 11.5 Å². The lowest BCUT2D eigenvalue weighted by atomic mass is 9.92. The number of hydrogen-bond acceptors (Lipinski definition) is 3. The maximum atomic E-state index is 12.3. The van der Waals surface area contributed by atoms with Crippen LogP contribution < -0.4 is 4.74 Å². The van der Waals surface area contributed by atoms with E-state index in [0.29, 0.717) is 9.79 Å². The third-order valence-electron chi connectivity index (χ3n) is 16.8. The number of hydrogen-bond donors (Lipinski definition) is 0. The summed E-state index contributed by atoms with van der Waals surface area (Å²) in [6.07, 6.45) is 5.34. The molecule has 0 aliphatic carbocycles. The molecule has 87 heavy (non-hydrogen) atoms. The van der Waals surface area contributed by atoms with Crippen LogP contribution in [0.4, 0.5) is 0 Å². The molecular weight excluding hydrogens is 1080 g/mol. The number of rotatable bonds is 12. The Balaban J connectivity index is 0.000000175. The van der Waals surface area contributed by atoms with Gasteiger partial charge in [-0.3, -0.25) is 0 Å². The van der Waals surface area contributed by atoms with Crippen LogP contribution in [0.15, 0.2) is 204 Å². The second kappa shape index (κ2) is 32.1. The minimum absolute atomic E-state index is 0.340. The average Bonchev–Trinajstić information content (AvgIpc) is 3.14. The SMILES string of the molecule is CCc1cc(Cc2cc(C)c(C)c(CC)c2)cc(C)c1C.Cc1cc(Cc2cc(C)c(C)c(C)c2)cc(C)c1C.Cc1ccc(Cc2ccc(C)cc2)cc1.Cc1ccc(Oc2ccc(C)cc2)cc1.Cc1ccc(S(=O)(=O)c2ccc(C)cc2)cc1. The molecule has 0 aliphatic rings. The van der Waals surface area contributed by atoms with Crippen molar-refractivity contribution in [2.24, 2.45) is 0 Å². The minimum atomic E-state index is -3.37. The molecule has 0 amide bonds. The van der Waals surface area contributed by atoms with Gasteiger partial charge in [-0.25, -0.2) is 8.42 Å². The largest absolute Gasteiger partial charge is 0.457 e. The number of aryl methyl sites for hydroxylation is 14. The molecule has 0 atom stereocenters. The van der Waals surface area contributed by atoms with Crippen molar-refractivity contribution >= 4 is 9.84 Å². The molecule has 0 spiro atoms. The molecule has 0 unspecified atom stereocenters. The number of sulfone groups is 1. The molecular formula is C83H96O3S. The van der Waals surface area contributed by atoms with Gasteiger partial charge in [-0.05, 0) is 292 Å². The first-order valence-electron chi connectivity index (χ1n) is 30.9. The molecule has 0 saturated carbocycles. The Morgan fingerprint density at radius 3 is 0.747 bits per heavy atom. The Hall–Kier alpha value is -8.05. The summed E-state index contributed by atoms with van der Waals surface area (Å²) in [6, 6.07) is 66.2. The van der Waals surface area contributed by atoms with Crippen LogP contribution in [0.25, 0.3) is 0 Å². The third-order valence-corrected chi connectivity index (χ3v) is 18.6. The molecule has 0 aliphatic heterocycles. The van der Waals surface area contributed by atoms with E-state index < -0.39 is 9.84 Å². The Kier molecular flexibility index (Phi) is 25.1. The van der Waals surface area contributed by atoms with E-state index in [2.05, 4.69) is 208 Å². The van der Waals surface area contributed by atoms with Crippen molar-refractivity contribution in [1.29, 1.82) is 0 Å². The first-order valence-corrected chi connectivity index (χ1v) is 32.4. The molecule has 3 nitrogen and oxygen atoms in total. The summed E-state index contributed by atoms with van der Waals surface area (Å²) in [5, 5.41) is 0. The zero-order chi connectivity index (χ0) is 63.5. The van der Waals surface area contributed by atoms with Crippen LogP contribution >= 0.6 is 0 Å². The summed E-state index contributed by atoms with van der Waals surface area (Å²) in [7, 11) is -3.37. The summed E-state index contributed by atoms with van der Waals surface area (Å²) in [4.78, 5) is 0.680. The van der Waals surface area contributed by atoms with E-state index >= 15 is 0 Å². The van der Waals surface area contributed by atoms with Gasteiger partial charge in [-0.2, -0.15) is 0 Å². The van der Waals surface area contributed by atoms with Crippen molar-refractivity contribution in [3.8, 4) is 11.5 Å². The first kappa shape index (κ1) is 68.1. The van der Waals surface area contributed by atoms with Gasteiger partial charge >= 0.3 is 0 Å². The van der Waals surface area contributed by atoms with Gasteiger partial charge in [-0.1, -0.05) is 193 Å². The van der Waals surface area contributed by atoms with Crippen LogP contribution in [0.2, 0.25) is 0 Å². The van der Waals surface area contributed by atoms with Gasteiger partial charge in [0, 0.05) is 0 Å². The molecule has 4 heteroatoms. The highest BCUT2D eigenvalue weighted by Gasteiger charge is 2.17. The lowest BCUT2D eigenvalue weighted by Gasteiger charge is -2.14. The Labute approximate surface area is 525 Å². The average molecular weight is 1170 g/mol. The predicted octanol–water partition coefficient (Wildman–Crippen LogP) is 21.9.